The van der Waals surface area contributed by atoms with Crippen molar-refractivity contribution < 1.29 is 22.3 Å². The molecule has 0 spiro atoms. The molecule has 1 atom stereocenters. The first-order chi connectivity index (χ1) is 13.8. The molecule has 6 nitrogen and oxygen atoms in total. The predicted molar refractivity (Wildman–Crippen MR) is 108 cm³/mol. The third-order valence-corrected chi connectivity index (χ3v) is 6.86. The summed E-state index contributed by atoms with van der Waals surface area (Å²) in [5, 5.41) is 0. The molecule has 3 rings (SSSR count). The summed E-state index contributed by atoms with van der Waals surface area (Å²) < 4.78 is 45.8. The number of amides is 1. The Kier molecular flexibility index (Phi) is 6.54. The highest BCUT2D eigenvalue weighted by Crippen LogP contribution is 2.20. The van der Waals surface area contributed by atoms with Gasteiger partial charge in [-0.25, -0.2) is 12.8 Å². The summed E-state index contributed by atoms with van der Waals surface area (Å²) in [6.07, 6.45) is -0.237. The molecule has 0 unspecified atom stereocenters. The molecule has 1 amide bonds. The molecule has 1 aliphatic heterocycles. The molecule has 0 aromatic heterocycles. The van der Waals surface area contributed by atoms with Crippen molar-refractivity contribution in [1.82, 2.24) is 9.21 Å². The Bertz CT molecular complexity index is 938. The van der Waals surface area contributed by atoms with E-state index in [4.69, 9.17) is 4.74 Å². The maximum atomic E-state index is 13.0. The number of carbonyl (C=O) groups excluding carboxylic acids is 1. The maximum absolute atomic E-state index is 13.0. The number of carbonyl (C=O) groups is 1. The van der Waals surface area contributed by atoms with Gasteiger partial charge in [0, 0.05) is 26.2 Å². The zero-order chi connectivity index (χ0) is 21.0. The van der Waals surface area contributed by atoms with Crippen molar-refractivity contribution in [2.24, 2.45) is 0 Å². The van der Waals surface area contributed by atoms with E-state index >= 15 is 0 Å². The maximum Gasteiger partial charge on any atom is 0.263 e. The van der Waals surface area contributed by atoms with Crippen molar-refractivity contribution in [1.29, 1.82) is 0 Å². The van der Waals surface area contributed by atoms with Gasteiger partial charge in [-0.05, 0) is 49.7 Å². The van der Waals surface area contributed by atoms with Crippen LogP contribution >= 0.6 is 0 Å². The van der Waals surface area contributed by atoms with Crippen molar-refractivity contribution in [3.05, 3.63) is 59.9 Å². The topological polar surface area (TPSA) is 66.9 Å². The number of rotatable bonds is 6. The summed E-state index contributed by atoms with van der Waals surface area (Å²) in [5.41, 5.74) is 0.992. The third kappa shape index (κ3) is 4.94. The van der Waals surface area contributed by atoms with Crippen molar-refractivity contribution in [3.63, 3.8) is 0 Å². The molecule has 0 aliphatic carbocycles. The zero-order valence-electron chi connectivity index (χ0n) is 16.5. The minimum absolute atomic E-state index is 0.191. The molecule has 0 bridgehead atoms. The van der Waals surface area contributed by atoms with Gasteiger partial charge < -0.3 is 9.64 Å². The van der Waals surface area contributed by atoms with E-state index in [1.807, 2.05) is 13.8 Å². The molecule has 1 heterocycles. The van der Waals surface area contributed by atoms with Crippen LogP contribution in [-0.2, 0) is 14.8 Å². The molecule has 0 N–H and O–H groups in total. The first-order valence-corrected chi connectivity index (χ1v) is 11.0. The highest BCUT2D eigenvalue weighted by Gasteiger charge is 2.32. The molecule has 1 saturated heterocycles. The average molecular weight is 421 g/mol. The van der Waals surface area contributed by atoms with Crippen LogP contribution in [0.2, 0.25) is 0 Å². The fraction of sp³-hybridized carbons (Fsp3) is 0.381. The zero-order valence-corrected chi connectivity index (χ0v) is 17.4. The largest absolute Gasteiger partial charge is 0.481 e. The lowest BCUT2D eigenvalue weighted by molar-refractivity contribution is -0.140. The molecule has 29 heavy (non-hydrogen) atoms. The SMILES string of the molecule is CC[C@H](Oc1ccc(F)cc1)C(=O)N1CCN(S(=O)(=O)c2ccc(C)cc2)CC1. The van der Waals surface area contributed by atoms with Crippen molar-refractivity contribution in [2.75, 3.05) is 26.2 Å². The van der Waals surface area contributed by atoms with Gasteiger partial charge in [0.15, 0.2) is 6.10 Å². The molecule has 156 valence electrons. The lowest BCUT2D eigenvalue weighted by Gasteiger charge is -2.35. The van der Waals surface area contributed by atoms with Crippen LogP contribution in [-0.4, -0.2) is 55.8 Å². The normalized spacial score (nSPS) is 16.4. The fourth-order valence-electron chi connectivity index (χ4n) is 3.20. The molecule has 1 fully saturated rings. The summed E-state index contributed by atoms with van der Waals surface area (Å²) in [7, 11) is -3.58. The molecule has 0 saturated carbocycles. The summed E-state index contributed by atoms with van der Waals surface area (Å²) in [6, 6.07) is 12.3. The van der Waals surface area contributed by atoms with Crippen molar-refractivity contribution in [2.45, 2.75) is 31.3 Å². The minimum Gasteiger partial charge on any atom is -0.481 e. The first-order valence-electron chi connectivity index (χ1n) is 9.59. The first kappa shape index (κ1) is 21.3. The van der Waals surface area contributed by atoms with Crippen LogP contribution < -0.4 is 4.74 Å². The lowest BCUT2D eigenvalue weighted by atomic mass is 10.2. The molecular formula is C21H25FN2O4S. The Morgan fingerprint density at radius 1 is 1.03 bits per heavy atom. The van der Waals surface area contributed by atoms with Gasteiger partial charge in [-0.15, -0.1) is 0 Å². The van der Waals surface area contributed by atoms with Gasteiger partial charge >= 0.3 is 0 Å². The van der Waals surface area contributed by atoms with Gasteiger partial charge in [0.2, 0.25) is 10.0 Å². The Labute approximate surface area is 170 Å². The second-order valence-corrected chi connectivity index (χ2v) is 8.95. The minimum atomic E-state index is -3.58. The Hall–Kier alpha value is -2.45. The number of nitrogens with zero attached hydrogens (tertiary/aromatic N) is 2. The van der Waals surface area contributed by atoms with Crippen LogP contribution in [0.25, 0.3) is 0 Å². The monoisotopic (exact) mass is 420 g/mol. The molecular weight excluding hydrogens is 395 g/mol. The molecule has 2 aromatic carbocycles. The molecule has 0 radical (unpaired) electrons. The number of benzene rings is 2. The standard InChI is InChI=1S/C21H25FN2O4S/c1-3-20(28-18-8-6-17(22)7-9-18)21(25)23-12-14-24(15-13-23)29(26,27)19-10-4-16(2)5-11-19/h4-11,20H,3,12-15H2,1-2H3/t20-/m0/s1. The van der Waals surface area contributed by atoms with Gasteiger partial charge in [-0.3, -0.25) is 4.79 Å². The van der Waals surface area contributed by atoms with Crippen molar-refractivity contribution >= 4 is 15.9 Å². The summed E-state index contributed by atoms with van der Waals surface area (Å²) in [6.45, 7) is 4.80. The summed E-state index contributed by atoms with van der Waals surface area (Å²) in [4.78, 5) is 14.7. The van der Waals surface area contributed by atoms with E-state index in [-0.39, 0.29) is 29.7 Å². The van der Waals surface area contributed by atoms with Crippen LogP contribution in [0.4, 0.5) is 4.39 Å². The number of aryl methyl sites for hydroxylation is 1. The van der Waals surface area contributed by atoms with Crippen LogP contribution in [0.3, 0.4) is 0 Å². The van der Waals surface area contributed by atoms with E-state index in [2.05, 4.69) is 0 Å². The van der Waals surface area contributed by atoms with Gasteiger partial charge in [0.1, 0.15) is 11.6 Å². The average Bonchev–Trinajstić information content (AvgIpc) is 2.73. The number of halogens is 1. The predicted octanol–water partition coefficient (Wildman–Crippen LogP) is 2.82. The van der Waals surface area contributed by atoms with Crippen molar-refractivity contribution in [3.8, 4) is 5.75 Å². The highest BCUT2D eigenvalue weighted by atomic mass is 32.2. The van der Waals surface area contributed by atoms with Gasteiger partial charge in [-0.2, -0.15) is 4.31 Å². The second-order valence-electron chi connectivity index (χ2n) is 7.01. The molecule has 2 aromatic rings. The summed E-state index contributed by atoms with van der Waals surface area (Å²) in [5.74, 6) is -0.140. The quantitative estimate of drug-likeness (QED) is 0.721. The van der Waals surface area contributed by atoms with Gasteiger partial charge in [0.05, 0.1) is 4.90 Å². The van der Waals surface area contributed by atoms with E-state index < -0.39 is 16.1 Å². The number of ether oxygens (including phenoxy) is 1. The number of sulfonamides is 1. The van der Waals surface area contributed by atoms with E-state index in [1.165, 1.54) is 28.6 Å². The number of piperazine rings is 1. The Morgan fingerprint density at radius 2 is 1.62 bits per heavy atom. The van der Waals surface area contributed by atoms with E-state index in [9.17, 15) is 17.6 Å². The third-order valence-electron chi connectivity index (χ3n) is 4.95. The van der Waals surface area contributed by atoms with Gasteiger partial charge in [0.25, 0.3) is 5.91 Å². The number of hydrogen-bond acceptors (Lipinski definition) is 4. The highest BCUT2D eigenvalue weighted by molar-refractivity contribution is 7.89. The van der Waals surface area contributed by atoms with E-state index in [0.29, 0.717) is 25.3 Å². The Balaban J connectivity index is 1.62. The summed E-state index contributed by atoms with van der Waals surface area (Å²) >= 11 is 0. The van der Waals surface area contributed by atoms with E-state index in [1.54, 1.807) is 29.2 Å². The molecule has 1 aliphatic rings. The van der Waals surface area contributed by atoms with Crippen LogP contribution in [0.1, 0.15) is 18.9 Å². The fourth-order valence-corrected chi connectivity index (χ4v) is 4.62. The number of hydrogen-bond donors (Lipinski definition) is 0. The smallest absolute Gasteiger partial charge is 0.263 e. The Morgan fingerprint density at radius 3 is 2.17 bits per heavy atom. The second kappa shape index (κ2) is 8.92. The molecule has 8 heteroatoms. The van der Waals surface area contributed by atoms with E-state index in [0.717, 1.165) is 5.56 Å². The van der Waals surface area contributed by atoms with Gasteiger partial charge in [-0.1, -0.05) is 24.6 Å². The van der Waals surface area contributed by atoms with Crippen LogP contribution in [0.15, 0.2) is 53.4 Å². The van der Waals surface area contributed by atoms with Crippen LogP contribution in [0.5, 0.6) is 5.75 Å². The van der Waals surface area contributed by atoms with Crippen LogP contribution in [0, 0.1) is 12.7 Å². The lowest BCUT2D eigenvalue weighted by Crippen LogP contribution is -2.53.